The van der Waals surface area contributed by atoms with Gasteiger partial charge in [0.2, 0.25) is 5.95 Å². The normalized spacial score (nSPS) is 10.3. The van der Waals surface area contributed by atoms with E-state index in [0.717, 1.165) is 19.4 Å². The number of benzene rings is 1. The van der Waals surface area contributed by atoms with Crippen LogP contribution in [0.3, 0.4) is 0 Å². The standard InChI is InChI=1S/C18H23ClN4O3/c1-5-6-9-23(2)18-20-8-7-13(22-18)17(24)21-14-11-15(25-3)12(19)10-16(14)26-4/h7-8,10-11H,5-6,9H2,1-4H3,(H,21,24). The van der Waals surface area contributed by atoms with Gasteiger partial charge in [0.15, 0.2) is 0 Å². The average molecular weight is 379 g/mol. The summed E-state index contributed by atoms with van der Waals surface area (Å²) >= 11 is 6.09. The van der Waals surface area contributed by atoms with E-state index in [1.54, 1.807) is 24.4 Å². The molecule has 8 heteroatoms. The Bertz CT molecular complexity index is 770. The lowest BCUT2D eigenvalue weighted by atomic mass is 10.2. The SMILES string of the molecule is CCCCN(C)c1nccc(C(=O)Nc2cc(OC)c(Cl)cc2OC)n1. The summed E-state index contributed by atoms with van der Waals surface area (Å²) in [6.45, 7) is 2.94. The topological polar surface area (TPSA) is 76.6 Å². The van der Waals surface area contributed by atoms with E-state index in [9.17, 15) is 4.79 Å². The molecule has 1 N–H and O–H groups in total. The summed E-state index contributed by atoms with van der Waals surface area (Å²) in [5, 5.41) is 3.17. The molecule has 0 fully saturated rings. The maximum atomic E-state index is 12.6. The zero-order valence-corrected chi connectivity index (χ0v) is 16.1. The third-order valence-electron chi connectivity index (χ3n) is 3.79. The number of rotatable bonds is 8. The number of unbranched alkanes of at least 4 members (excludes halogenated alkanes) is 1. The van der Waals surface area contributed by atoms with Gasteiger partial charge in [-0.1, -0.05) is 24.9 Å². The fourth-order valence-corrected chi connectivity index (χ4v) is 2.53. The Labute approximate surface area is 158 Å². The highest BCUT2D eigenvalue weighted by Crippen LogP contribution is 2.36. The van der Waals surface area contributed by atoms with E-state index in [-0.39, 0.29) is 11.6 Å². The Hall–Kier alpha value is -2.54. The quantitative estimate of drug-likeness (QED) is 0.755. The summed E-state index contributed by atoms with van der Waals surface area (Å²) < 4.78 is 10.5. The first kappa shape index (κ1) is 19.8. The van der Waals surface area contributed by atoms with Crippen molar-refractivity contribution in [2.45, 2.75) is 19.8 Å². The molecule has 26 heavy (non-hydrogen) atoms. The van der Waals surface area contributed by atoms with Crippen LogP contribution in [0.2, 0.25) is 5.02 Å². The monoisotopic (exact) mass is 378 g/mol. The van der Waals surface area contributed by atoms with Crippen LogP contribution in [0.4, 0.5) is 11.6 Å². The summed E-state index contributed by atoms with van der Waals surface area (Å²) in [5.74, 6) is 0.996. The van der Waals surface area contributed by atoms with Crippen LogP contribution < -0.4 is 19.7 Å². The minimum atomic E-state index is -0.375. The maximum Gasteiger partial charge on any atom is 0.274 e. The summed E-state index contributed by atoms with van der Waals surface area (Å²) in [6, 6.07) is 4.75. The molecule has 0 saturated carbocycles. The van der Waals surface area contributed by atoms with Gasteiger partial charge < -0.3 is 19.7 Å². The van der Waals surface area contributed by atoms with E-state index in [4.69, 9.17) is 21.1 Å². The minimum absolute atomic E-state index is 0.259. The zero-order valence-electron chi connectivity index (χ0n) is 15.4. The van der Waals surface area contributed by atoms with Gasteiger partial charge in [-0.15, -0.1) is 0 Å². The Morgan fingerprint density at radius 3 is 2.65 bits per heavy atom. The number of methoxy groups -OCH3 is 2. The molecule has 2 rings (SSSR count). The molecule has 1 aromatic heterocycles. The van der Waals surface area contributed by atoms with E-state index in [2.05, 4.69) is 22.2 Å². The van der Waals surface area contributed by atoms with E-state index in [0.29, 0.717) is 28.2 Å². The number of anilines is 2. The lowest BCUT2D eigenvalue weighted by molar-refractivity contribution is 0.102. The molecule has 0 aliphatic heterocycles. The number of halogens is 1. The second kappa shape index (κ2) is 9.24. The van der Waals surface area contributed by atoms with Crippen molar-refractivity contribution in [3.8, 4) is 11.5 Å². The van der Waals surface area contributed by atoms with Crippen molar-refractivity contribution in [1.82, 2.24) is 9.97 Å². The molecular formula is C18H23ClN4O3. The van der Waals surface area contributed by atoms with Gasteiger partial charge in [0.05, 0.1) is 24.9 Å². The highest BCUT2D eigenvalue weighted by molar-refractivity contribution is 6.32. The molecule has 7 nitrogen and oxygen atoms in total. The average Bonchev–Trinajstić information content (AvgIpc) is 2.66. The first-order valence-electron chi connectivity index (χ1n) is 8.27. The summed E-state index contributed by atoms with van der Waals surface area (Å²) in [5.41, 5.74) is 0.701. The molecule has 0 atom stereocenters. The molecule has 140 valence electrons. The smallest absolute Gasteiger partial charge is 0.274 e. The predicted octanol–water partition coefficient (Wildman–Crippen LogP) is 3.64. The van der Waals surface area contributed by atoms with E-state index in [1.807, 2.05) is 11.9 Å². The first-order valence-corrected chi connectivity index (χ1v) is 8.65. The van der Waals surface area contributed by atoms with Crippen molar-refractivity contribution >= 4 is 29.1 Å². The van der Waals surface area contributed by atoms with Crippen LogP contribution in [-0.2, 0) is 0 Å². The molecule has 0 unspecified atom stereocenters. The van der Waals surface area contributed by atoms with Crippen LogP contribution in [-0.4, -0.2) is 43.7 Å². The molecule has 0 saturated heterocycles. The molecule has 0 bridgehead atoms. The fourth-order valence-electron chi connectivity index (χ4n) is 2.30. The van der Waals surface area contributed by atoms with Crippen molar-refractivity contribution in [1.29, 1.82) is 0 Å². The highest BCUT2D eigenvalue weighted by Gasteiger charge is 2.16. The molecule has 0 aliphatic rings. The minimum Gasteiger partial charge on any atom is -0.495 e. The largest absolute Gasteiger partial charge is 0.495 e. The highest BCUT2D eigenvalue weighted by atomic mass is 35.5. The van der Waals surface area contributed by atoms with Crippen molar-refractivity contribution in [3.63, 3.8) is 0 Å². The van der Waals surface area contributed by atoms with Gasteiger partial charge in [-0.25, -0.2) is 9.97 Å². The van der Waals surface area contributed by atoms with Crippen LogP contribution >= 0.6 is 11.6 Å². The van der Waals surface area contributed by atoms with Crippen molar-refractivity contribution in [3.05, 3.63) is 35.1 Å². The Balaban J connectivity index is 2.22. The molecule has 2 aromatic rings. The predicted molar refractivity (Wildman–Crippen MR) is 103 cm³/mol. The zero-order chi connectivity index (χ0) is 19.1. The van der Waals surface area contributed by atoms with E-state index < -0.39 is 0 Å². The van der Waals surface area contributed by atoms with Crippen molar-refractivity contribution < 1.29 is 14.3 Å². The van der Waals surface area contributed by atoms with Gasteiger partial charge in [-0.3, -0.25) is 4.79 Å². The van der Waals surface area contributed by atoms with Gasteiger partial charge >= 0.3 is 0 Å². The first-order chi connectivity index (χ1) is 12.5. The van der Waals surface area contributed by atoms with Gasteiger partial charge in [-0.05, 0) is 12.5 Å². The number of hydrogen-bond donors (Lipinski definition) is 1. The molecule has 0 spiro atoms. The lowest BCUT2D eigenvalue weighted by Crippen LogP contribution is -2.23. The molecule has 1 aromatic carbocycles. The third-order valence-corrected chi connectivity index (χ3v) is 4.08. The number of carbonyl (C=O) groups excluding carboxylic acids is 1. The van der Waals surface area contributed by atoms with Crippen LogP contribution in [0.25, 0.3) is 0 Å². The molecule has 0 radical (unpaired) electrons. The Kier molecular flexibility index (Phi) is 7.03. The van der Waals surface area contributed by atoms with Gasteiger partial charge in [0.25, 0.3) is 5.91 Å². The number of nitrogens with zero attached hydrogens (tertiary/aromatic N) is 3. The van der Waals surface area contributed by atoms with Crippen LogP contribution in [0.15, 0.2) is 24.4 Å². The van der Waals surface area contributed by atoms with Gasteiger partial charge in [0, 0.05) is 31.9 Å². The second-order valence-corrected chi connectivity index (χ2v) is 6.07. The number of hydrogen-bond acceptors (Lipinski definition) is 6. The van der Waals surface area contributed by atoms with Crippen molar-refractivity contribution in [2.24, 2.45) is 0 Å². The maximum absolute atomic E-state index is 12.6. The van der Waals surface area contributed by atoms with Crippen LogP contribution in [0, 0.1) is 0 Å². The van der Waals surface area contributed by atoms with E-state index in [1.165, 1.54) is 14.2 Å². The third kappa shape index (κ3) is 4.76. The van der Waals surface area contributed by atoms with Crippen LogP contribution in [0.1, 0.15) is 30.3 Å². The second-order valence-electron chi connectivity index (χ2n) is 5.66. The number of aromatic nitrogens is 2. The number of ether oxygens (including phenoxy) is 2. The summed E-state index contributed by atoms with van der Waals surface area (Å²) in [6.07, 6.45) is 3.67. The van der Waals surface area contributed by atoms with Crippen LogP contribution in [0.5, 0.6) is 11.5 Å². The van der Waals surface area contributed by atoms with E-state index >= 15 is 0 Å². The van der Waals surface area contributed by atoms with Gasteiger partial charge in [-0.2, -0.15) is 0 Å². The fraction of sp³-hybridized carbons (Fsp3) is 0.389. The number of carbonyl (C=O) groups is 1. The molecular weight excluding hydrogens is 356 g/mol. The molecule has 0 aliphatic carbocycles. The Morgan fingerprint density at radius 1 is 1.27 bits per heavy atom. The lowest BCUT2D eigenvalue weighted by Gasteiger charge is -2.17. The Morgan fingerprint density at radius 2 is 2.00 bits per heavy atom. The molecule has 1 heterocycles. The number of nitrogens with one attached hydrogen (secondary N) is 1. The number of amides is 1. The summed E-state index contributed by atoms with van der Waals surface area (Å²) in [4.78, 5) is 23.1. The van der Waals surface area contributed by atoms with Gasteiger partial charge in [0.1, 0.15) is 17.2 Å². The van der Waals surface area contributed by atoms with Crippen molar-refractivity contribution in [2.75, 3.05) is 38.0 Å². The summed E-state index contributed by atoms with van der Waals surface area (Å²) in [7, 11) is 4.90. The molecule has 1 amide bonds.